The molecule has 1 unspecified atom stereocenters. The molecule has 1 aliphatic carbocycles. The van der Waals surface area contributed by atoms with Crippen molar-refractivity contribution in [2.75, 3.05) is 11.1 Å². The van der Waals surface area contributed by atoms with Gasteiger partial charge in [0.2, 0.25) is 5.91 Å². The molecule has 3 aromatic rings. The Kier molecular flexibility index (Phi) is 5.06. The van der Waals surface area contributed by atoms with Crippen LogP contribution in [0.25, 0.3) is 10.2 Å². The van der Waals surface area contributed by atoms with Gasteiger partial charge in [-0.05, 0) is 49.8 Å². The highest BCUT2D eigenvalue weighted by Gasteiger charge is 2.23. The number of aryl methyl sites for hydroxylation is 2. The van der Waals surface area contributed by atoms with Crippen LogP contribution in [0.15, 0.2) is 34.2 Å². The number of thioether (sulfide) groups is 1. The average molecular weight is 400 g/mol. The maximum atomic E-state index is 12.6. The number of nitrogens with zero attached hydrogens (tertiary/aromatic N) is 1. The van der Waals surface area contributed by atoms with Gasteiger partial charge in [-0.1, -0.05) is 36.4 Å². The molecule has 7 heteroatoms. The number of thiophene rings is 1. The molecule has 140 valence electrons. The first-order valence-corrected chi connectivity index (χ1v) is 10.8. The first-order chi connectivity index (χ1) is 13.0. The Morgan fingerprint density at radius 2 is 2.15 bits per heavy atom. The zero-order valence-corrected chi connectivity index (χ0v) is 16.9. The molecule has 1 amide bonds. The number of carbonyl (C=O) groups excluding carboxylic acids is 1. The highest BCUT2D eigenvalue weighted by atomic mass is 32.2. The fourth-order valence-corrected chi connectivity index (χ4v) is 5.47. The molecule has 4 rings (SSSR count). The minimum atomic E-state index is -0.120. The number of rotatable bonds is 4. The molecule has 0 fully saturated rings. The van der Waals surface area contributed by atoms with E-state index in [1.54, 1.807) is 11.3 Å². The molecule has 27 heavy (non-hydrogen) atoms. The second kappa shape index (κ2) is 7.48. The number of hydrogen-bond donors (Lipinski definition) is 2. The van der Waals surface area contributed by atoms with Gasteiger partial charge in [0, 0.05) is 10.6 Å². The van der Waals surface area contributed by atoms with E-state index in [9.17, 15) is 9.59 Å². The summed E-state index contributed by atoms with van der Waals surface area (Å²) < 4.78 is 0. The van der Waals surface area contributed by atoms with Crippen LogP contribution in [0.4, 0.5) is 5.69 Å². The number of carbonyl (C=O) groups is 1. The van der Waals surface area contributed by atoms with Gasteiger partial charge < -0.3 is 10.3 Å². The van der Waals surface area contributed by atoms with Gasteiger partial charge in [0.1, 0.15) is 4.83 Å². The number of aromatic nitrogens is 2. The quantitative estimate of drug-likeness (QED) is 0.510. The number of benzene rings is 1. The number of hydrogen-bond acceptors (Lipinski definition) is 5. The van der Waals surface area contributed by atoms with E-state index in [0.29, 0.717) is 11.1 Å². The predicted molar refractivity (Wildman–Crippen MR) is 112 cm³/mol. The minimum absolute atomic E-state index is 0.0894. The van der Waals surface area contributed by atoms with E-state index < -0.39 is 0 Å². The highest BCUT2D eigenvalue weighted by Crippen LogP contribution is 2.36. The van der Waals surface area contributed by atoms with E-state index in [1.165, 1.54) is 22.2 Å². The van der Waals surface area contributed by atoms with E-state index in [4.69, 9.17) is 0 Å². The fraction of sp³-hybridized carbons (Fsp3) is 0.350. The monoisotopic (exact) mass is 399 g/mol. The number of anilines is 1. The first kappa shape index (κ1) is 18.3. The van der Waals surface area contributed by atoms with Gasteiger partial charge in [-0.15, -0.1) is 11.3 Å². The van der Waals surface area contributed by atoms with Crippen LogP contribution in [0, 0.1) is 12.8 Å². The van der Waals surface area contributed by atoms with Crippen molar-refractivity contribution in [2.45, 2.75) is 38.3 Å². The Labute approximate surface area is 165 Å². The predicted octanol–water partition coefficient (Wildman–Crippen LogP) is 4.15. The van der Waals surface area contributed by atoms with Crippen LogP contribution in [0.1, 0.15) is 29.3 Å². The molecule has 0 saturated carbocycles. The van der Waals surface area contributed by atoms with Gasteiger partial charge in [-0.25, -0.2) is 4.98 Å². The van der Waals surface area contributed by atoms with Crippen molar-refractivity contribution in [3.05, 3.63) is 50.6 Å². The SMILES string of the molecule is Cc1ccc(NC(=O)CSc2nc3sc4c(c3c(=O)[nH]2)CCC(C)C4)cc1. The number of H-pyrrole nitrogens is 1. The number of nitrogens with one attached hydrogen (secondary N) is 2. The molecule has 2 aromatic heterocycles. The van der Waals surface area contributed by atoms with E-state index >= 15 is 0 Å². The Morgan fingerprint density at radius 1 is 1.37 bits per heavy atom. The second-order valence-corrected chi connectivity index (χ2v) is 9.15. The molecule has 0 radical (unpaired) electrons. The molecule has 2 N–H and O–H groups in total. The van der Waals surface area contributed by atoms with Crippen molar-refractivity contribution in [2.24, 2.45) is 5.92 Å². The largest absolute Gasteiger partial charge is 0.325 e. The summed E-state index contributed by atoms with van der Waals surface area (Å²) in [4.78, 5) is 34.3. The van der Waals surface area contributed by atoms with Crippen molar-refractivity contribution in [3.8, 4) is 0 Å². The Balaban J connectivity index is 1.48. The van der Waals surface area contributed by atoms with Gasteiger partial charge in [0.25, 0.3) is 5.56 Å². The van der Waals surface area contributed by atoms with Crippen LogP contribution in [0.5, 0.6) is 0 Å². The Morgan fingerprint density at radius 3 is 2.93 bits per heavy atom. The molecule has 0 bridgehead atoms. The smallest absolute Gasteiger partial charge is 0.260 e. The van der Waals surface area contributed by atoms with Gasteiger partial charge >= 0.3 is 0 Å². The molecule has 1 aromatic carbocycles. The van der Waals surface area contributed by atoms with E-state index in [-0.39, 0.29) is 17.2 Å². The standard InChI is InChI=1S/C20H21N3O2S2/c1-11-3-6-13(7-4-11)21-16(24)10-26-20-22-18(25)17-14-8-5-12(2)9-15(14)27-19(17)23-20/h3-4,6-7,12H,5,8-10H2,1-2H3,(H,21,24)(H,22,23,25). The summed E-state index contributed by atoms with van der Waals surface area (Å²) in [6.07, 6.45) is 3.10. The van der Waals surface area contributed by atoms with Gasteiger partial charge in [-0.2, -0.15) is 0 Å². The molecule has 5 nitrogen and oxygen atoms in total. The number of fused-ring (bicyclic) bond motifs is 3. The van der Waals surface area contributed by atoms with Crippen molar-refractivity contribution < 1.29 is 4.79 Å². The first-order valence-electron chi connectivity index (χ1n) is 9.03. The summed E-state index contributed by atoms with van der Waals surface area (Å²) in [6, 6.07) is 7.66. The lowest BCUT2D eigenvalue weighted by Crippen LogP contribution is -2.16. The molecular formula is C20H21N3O2S2. The van der Waals surface area contributed by atoms with Crippen molar-refractivity contribution in [3.63, 3.8) is 0 Å². The number of aromatic amines is 1. The van der Waals surface area contributed by atoms with Crippen LogP contribution in [0.3, 0.4) is 0 Å². The average Bonchev–Trinajstić information content (AvgIpc) is 2.99. The third-order valence-corrected chi connectivity index (χ3v) is 6.84. The van der Waals surface area contributed by atoms with Crippen LogP contribution in [-0.2, 0) is 17.6 Å². The van der Waals surface area contributed by atoms with Crippen molar-refractivity contribution >= 4 is 44.9 Å². The van der Waals surface area contributed by atoms with Crippen molar-refractivity contribution in [1.82, 2.24) is 9.97 Å². The van der Waals surface area contributed by atoms with Gasteiger partial charge in [0.05, 0.1) is 11.1 Å². The van der Waals surface area contributed by atoms with E-state index in [0.717, 1.165) is 40.7 Å². The lowest BCUT2D eigenvalue weighted by Gasteiger charge is -2.17. The molecule has 0 saturated heterocycles. The zero-order valence-electron chi connectivity index (χ0n) is 15.3. The summed E-state index contributed by atoms with van der Waals surface area (Å²) in [7, 11) is 0. The second-order valence-electron chi connectivity index (χ2n) is 7.11. The molecule has 2 heterocycles. The summed E-state index contributed by atoms with van der Waals surface area (Å²) in [5.41, 5.74) is 3.00. The lowest BCUT2D eigenvalue weighted by atomic mass is 9.89. The Hall–Kier alpha value is -2.12. The molecular weight excluding hydrogens is 378 g/mol. The van der Waals surface area contributed by atoms with Gasteiger partial charge in [-0.3, -0.25) is 9.59 Å². The molecule has 0 spiro atoms. The maximum Gasteiger partial charge on any atom is 0.260 e. The summed E-state index contributed by atoms with van der Waals surface area (Å²) in [5.74, 6) is 0.736. The van der Waals surface area contributed by atoms with Crippen molar-refractivity contribution in [1.29, 1.82) is 0 Å². The minimum Gasteiger partial charge on any atom is -0.325 e. The molecule has 1 aliphatic rings. The summed E-state index contributed by atoms with van der Waals surface area (Å²) >= 11 is 2.88. The third kappa shape index (κ3) is 3.94. The molecule has 1 atom stereocenters. The topological polar surface area (TPSA) is 74.8 Å². The number of amides is 1. The highest BCUT2D eigenvalue weighted by molar-refractivity contribution is 7.99. The maximum absolute atomic E-state index is 12.6. The lowest BCUT2D eigenvalue weighted by molar-refractivity contribution is -0.113. The third-order valence-electron chi connectivity index (χ3n) is 4.82. The zero-order chi connectivity index (χ0) is 19.0. The fourth-order valence-electron chi connectivity index (χ4n) is 3.37. The normalized spacial score (nSPS) is 16.3. The van der Waals surface area contributed by atoms with Crippen LogP contribution in [-0.4, -0.2) is 21.6 Å². The summed E-state index contributed by atoms with van der Waals surface area (Å²) in [5, 5.41) is 4.10. The van der Waals surface area contributed by atoms with Crippen LogP contribution < -0.4 is 10.9 Å². The van der Waals surface area contributed by atoms with Gasteiger partial charge in [0.15, 0.2) is 5.16 Å². The Bertz CT molecular complexity index is 1050. The van der Waals surface area contributed by atoms with Crippen LogP contribution >= 0.6 is 23.1 Å². The van der Waals surface area contributed by atoms with E-state index in [2.05, 4.69) is 22.2 Å². The molecule has 0 aliphatic heterocycles. The van der Waals surface area contributed by atoms with Crippen LogP contribution in [0.2, 0.25) is 0 Å². The summed E-state index contributed by atoms with van der Waals surface area (Å²) in [6.45, 7) is 4.25. The van der Waals surface area contributed by atoms with E-state index in [1.807, 2.05) is 31.2 Å².